The van der Waals surface area contributed by atoms with E-state index in [4.69, 9.17) is 5.11 Å². The van der Waals surface area contributed by atoms with E-state index in [1.807, 2.05) is 0 Å². The molecule has 6 nitrogen and oxygen atoms in total. The van der Waals surface area contributed by atoms with Gasteiger partial charge >= 0.3 is 12.1 Å². The third kappa shape index (κ3) is 2.87. The summed E-state index contributed by atoms with van der Waals surface area (Å²) >= 11 is 0. The zero-order chi connectivity index (χ0) is 11.6. The predicted octanol–water partition coefficient (Wildman–Crippen LogP) is 0.710. The van der Waals surface area contributed by atoms with Crippen molar-refractivity contribution in [3.63, 3.8) is 0 Å². The Morgan fingerprint density at radius 3 is 2.53 bits per heavy atom. The molecular formula is C9H14N2O4. The second-order valence-electron chi connectivity index (χ2n) is 4.18. The van der Waals surface area contributed by atoms with E-state index in [1.165, 1.54) is 6.08 Å². The van der Waals surface area contributed by atoms with E-state index >= 15 is 0 Å². The van der Waals surface area contributed by atoms with Crippen molar-refractivity contribution in [3.05, 3.63) is 11.8 Å². The minimum absolute atomic E-state index is 0.0820. The molecule has 0 aromatic rings. The molecule has 0 saturated heterocycles. The molecular weight excluding hydrogens is 200 g/mol. The fraction of sp³-hybridized carbons (Fsp3) is 0.556. The van der Waals surface area contributed by atoms with Crippen LogP contribution in [0, 0.1) is 0 Å². The highest BCUT2D eigenvalue weighted by Gasteiger charge is 2.28. The van der Waals surface area contributed by atoms with Crippen LogP contribution in [0.25, 0.3) is 0 Å². The smallest absolute Gasteiger partial charge is 0.426 e. The Morgan fingerprint density at radius 2 is 2.20 bits per heavy atom. The molecule has 0 bridgehead atoms. The van der Waals surface area contributed by atoms with Crippen LogP contribution in [-0.2, 0) is 9.53 Å². The van der Waals surface area contributed by atoms with Crippen LogP contribution in [0.3, 0.4) is 0 Å². The Labute approximate surface area is 87.5 Å². The van der Waals surface area contributed by atoms with Gasteiger partial charge in [-0.3, -0.25) is 5.43 Å². The second kappa shape index (κ2) is 3.80. The maximum Gasteiger partial charge on any atom is 0.426 e. The number of cyclic esters (lactones) is 1. The van der Waals surface area contributed by atoms with Gasteiger partial charge in [0, 0.05) is 6.08 Å². The Kier molecular flexibility index (Phi) is 2.88. The Balaban J connectivity index is 2.72. The van der Waals surface area contributed by atoms with Gasteiger partial charge in [0.15, 0.2) is 0 Å². The third-order valence-electron chi connectivity index (χ3n) is 1.78. The third-order valence-corrected chi connectivity index (χ3v) is 1.78. The molecule has 15 heavy (non-hydrogen) atoms. The van der Waals surface area contributed by atoms with Crippen molar-refractivity contribution in [2.45, 2.75) is 26.3 Å². The minimum atomic E-state index is -1.11. The summed E-state index contributed by atoms with van der Waals surface area (Å²) in [5, 5.41) is 9.97. The summed E-state index contributed by atoms with van der Waals surface area (Å²) in [5.41, 5.74) is 2.48. The number of carbonyl (C=O) groups excluding carboxylic acids is 1. The number of hydrogen-bond acceptors (Lipinski definition) is 4. The number of carboxylic acid groups (broad SMARTS) is 1. The van der Waals surface area contributed by atoms with E-state index in [2.05, 4.69) is 10.2 Å². The monoisotopic (exact) mass is 214 g/mol. The number of hydrazine groups is 1. The molecule has 6 heteroatoms. The van der Waals surface area contributed by atoms with Gasteiger partial charge < -0.3 is 9.84 Å². The number of nitrogens with one attached hydrogen (secondary N) is 1. The Bertz CT molecular complexity index is 317. The van der Waals surface area contributed by atoms with E-state index in [9.17, 15) is 9.59 Å². The summed E-state index contributed by atoms with van der Waals surface area (Å²) in [6, 6.07) is 0. The van der Waals surface area contributed by atoms with Crippen LogP contribution in [0.15, 0.2) is 11.8 Å². The summed E-state index contributed by atoms with van der Waals surface area (Å²) in [5.74, 6) is -0.461. The quantitative estimate of drug-likeness (QED) is 0.522. The molecule has 1 aliphatic rings. The summed E-state index contributed by atoms with van der Waals surface area (Å²) < 4.78 is 4.65. The van der Waals surface area contributed by atoms with E-state index in [1.54, 1.807) is 20.8 Å². The summed E-state index contributed by atoms with van der Waals surface area (Å²) in [4.78, 5) is 21.7. The number of amides is 1. The highest BCUT2D eigenvalue weighted by molar-refractivity contribution is 5.85. The highest BCUT2D eigenvalue weighted by Crippen LogP contribution is 2.13. The predicted molar refractivity (Wildman–Crippen MR) is 51.8 cm³/mol. The molecule has 1 amide bonds. The Morgan fingerprint density at radius 1 is 1.60 bits per heavy atom. The molecule has 0 aromatic carbocycles. The van der Waals surface area contributed by atoms with Crippen molar-refractivity contribution >= 4 is 12.1 Å². The first-order chi connectivity index (χ1) is 6.80. The van der Waals surface area contributed by atoms with Crippen LogP contribution in [0.4, 0.5) is 4.79 Å². The molecule has 0 fully saturated rings. The van der Waals surface area contributed by atoms with Gasteiger partial charge in [-0.05, 0) is 20.8 Å². The second-order valence-corrected chi connectivity index (χ2v) is 4.18. The standard InChI is InChI=1S/C9H14N2O4/c1-9(2,3)11(8(13)14)10-6-4-7(12)15-5-6/h4,10H,5H2,1-3H3,(H,13,14). The number of nitrogens with zero attached hydrogens (tertiary/aromatic N) is 1. The van der Waals surface area contributed by atoms with Gasteiger partial charge in [-0.25, -0.2) is 14.6 Å². The minimum Gasteiger partial charge on any atom is -0.464 e. The first-order valence-electron chi connectivity index (χ1n) is 4.48. The number of esters is 1. The van der Waals surface area contributed by atoms with E-state index in [0.29, 0.717) is 5.70 Å². The molecule has 1 heterocycles. The molecule has 0 radical (unpaired) electrons. The molecule has 84 valence electrons. The van der Waals surface area contributed by atoms with E-state index in [0.717, 1.165) is 5.01 Å². The Hall–Kier alpha value is -1.72. The molecule has 0 spiro atoms. The summed E-state index contributed by atoms with van der Waals surface area (Å²) in [6.45, 7) is 5.31. The number of rotatable bonds is 2. The molecule has 0 saturated carbocycles. The molecule has 0 aliphatic carbocycles. The largest absolute Gasteiger partial charge is 0.464 e. The van der Waals surface area contributed by atoms with Gasteiger partial charge in [0.2, 0.25) is 0 Å². The first-order valence-corrected chi connectivity index (χ1v) is 4.48. The van der Waals surface area contributed by atoms with Crippen molar-refractivity contribution in [2.24, 2.45) is 0 Å². The van der Waals surface area contributed by atoms with Crippen molar-refractivity contribution in [1.29, 1.82) is 0 Å². The number of hydrogen-bond donors (Lipinski definition) is 2. The van der Waals surface area contributed by atoms with Crippen molar-refractivity contribution < 1.29 is 19.4 Å². The van der Waals surface area contributed by atoms with Crippen LogP contribution in [0.2, 0.25) is 0 Å². The van der Waals surface area contributed by atoms with E-state index < -0.39 is 17.6 Å². The lowest BCUT2D eigenvalue weighted by molar-refractivity contribution is -0.135. The molecule has 0 aromatic heterocycles. The molecule has 1 rings (SSSR count). The fourth-order valence-electron chi connectivity index (χ4n) is 1.09. The van der Waals surface area contributed by atoms with Crippen LogP contribution >= 0.6 is 0 Å². The number of carbonyl (C=O) groups is 2. The molecule has 1 aliphatic heterocycles. The van der Waals surface area contributed by atoms with Crippen LogP contribution in [-0.4, -0.2) is 34.3 Å². The fourth-order valence-corrected chi connectivity index (χ4v) is 1.09. The van der Waals surface area contributed by atoms with Crippen molar-refractivity contribution in [2.75, 3.05) is 6.61 Å². The molecule has 0 atom stereocenters. The summed E-state index contributed by atoms with van der Waals surface area (Å²) in [6.07, 6.45) is 0.129. The average molecular weight is 214 g/mol. The highest BCUT2D eigenvalue weighted by atomic mass is 16.5. The normalized spacial score (nSPS) is 15.7. The first kappa shape index (κ1) is 11.4. The average Bonchev–Trinajstić information content (AvgIpc) is 2.44. The maximum absolute atomic E-state index is 10.9. The zero-order valence-electron chi connectivity index (χ0n) is 8.90. The SMILES string of the molecule is CC(C)(C)N(NC1=CC(=O)OC1)C(=O)O. The van der Waals surface area contributed by atoms with Gasteiger partial charge in [-0.2, -0.15) is 0 Å². The van der Waals surface area contributed by atoms with Crippen molar-refractivity contribution in [1.82, 2.24) is 10.4 Å². The van der Waals surface area contributed by atoms with Crippen LogP contribution < -0.4 is 5.43 Å². The topological polar surface area (TPSA) is 78.9 Å². The van der Waals surface area contributed by atoms with Gasteiger partial charge in [0.25, 0.3) is 0 Å². The number of ether oxygens (including phenoxy) is 1. The lowest BCUT2D eigenvalue weighted by Gasteiger charge is -2.33. The van der Waals surface area contributed by atoms with E-state index in [-0.39, 0.29) is 6.61 Å². The lowest BCUT2D eigenvalue weighted by atomic mass is 10.1. The zero-order valence-corrected chi connectivity index (χ0v) is 8.90. The molecule has 0 unspecified atom stereocenters. The lowest BCUT2D eigenvalue weighted by Crippen LogP contribution is -2.53. The van der Waals surface area contributed by atoms with Gasteiger partial charge in [0.1, 0.15) is 6.61 Å². The van der Waals surface area contributed by atoms with Crippen molar-refractivity contribution in [3.8, 4) is 0 Å². The van der Waals surface area contributed by atoms with Crippen LogP contribution in [0.5, 0.6) is 0 Å². The maximum atomic E-state index is 10.9. The van der Waals surface area contributed by atoms with Crippen LogP contribution in [0.1, 0.15) is 20.8 Å². The van der Waals surface area contributed by atoms with Gasteiger partial charge in [-0.1, -0.05) is 0 Å². The van der Waals surface area contributed by atoms with Gasteiger partial charge in [0.05, 0.1) is 11.2 Å². The van der Waals surface area contributed by atoms with Gasteiger partial charge in [-0.15, -0.1) is 0 Å². The molecule has 2 N–H and O–H groups in total. The summed E-state index contributed by atoms with van der Waals surface area (Å²) in [7, 11) is 0.